The zero-order valence-corrected chi connectivity index (χ0v) is 11.4. The van der Waals surface area contributed by atoms with Crippen LogP contribution in [-0.2, 0) is 14.9 Å². The largest absolute Gasteiger partial charge is 0.375 e. The van der Waals surface area contributed by atoms with Crippen molar-refractivity contribution in [2.45, 2.75) is 57.7 Å². The fraction of sp³-hybridized carbons (Fsp3) is 1.00. The summed E-state index contributed by atoms with van der Waals surface area (Å²) in [6.45, 7) is 4.68. The standard InChI is InChI=1S/C11H22N2O3S/c1-9(2)12-17(14,15)13-7-8-16-11-6-4-3-5-10(11)13/h9-12H,3-8H2,1-2H3. The van der Waals surface area contributed by atoms with E-state index in [-0.39, 0.29) is 18.2 Å². The quantitative estimate of drug-likeness (QED) is 0.821. The lowest BCUT2D eigenvalue weighted by Crippen LogP contribution is -2.58. The van der Waals surface area contributed by atoms with E-state index in [0.29, 0.717) is 13.2 Å². The van der Waals surface area contributed by atoms with Crippen LogP contribution >= 0.6 is 0 Å². The van der Waals surface area contributed by atoms with E-state index in [1.165, 1.54) is 0 Å². The molecule has 0 aromatic heterocycles. The van der Waals surface area contributed by atoms with Crippen molar-refractivity contribution in [3.63, 3.8) is 0 Å². The molecule has 2 aliphatic rings. The van der Waals surface area contributed by atoms with Crippen LogP contribution in [-0.4, -0.2) is 44.1 Å². The molecule has 2 rings (SSSR count). The second-order valence-electron chi connectivity index (χ2n) is 5.15. The third-order valence-corrected chi connectivity index (χ3v) is 5.21. The second-order valence-corrected chi connectivity index (χ2v) is 6.80. The Hall–Kier alpha value is -0.170. The van der Waals surface area contributed by atoms with Crippen molar-refractivity contribution in [3.8, 4) is 0 Å². The summed E-state index contributed by atoms with van der Waals surface area (Å²) in [5.74, 6) is 0. The van der Waals surface area contributed by atoms with Gasteiger partial charge < -0.3 is 4.74 Å². The summed E-state index contributed by atoms with van der Waals surface area (Å²) in [5, 5.41) is 0. The van der Waals surface area contributed by atoms with E-state index in [1.54, 1.807) is 4.31 Å². The number of rotatable bonds is 3. The lowest BCUT2D eigenvalue weighted by Gasteiger charge is -2.42. The molecule has 6 heteroatoms. The molecule has 0 aromatic rings. The van der Waals surface area contributed by atoms with Crippen LogP contribution in [0.5, 0.6) is 0 Å². The Bertz CT molecular complexity index is 354. The first-order valence-corrected chi connectivity index (χ1v) is 7.85. The summed E-state index contributed by atoms with van der Waals surface area (Å²) in [6.07, 6.45) is 4.24. The van der Waals surface area contributed by atoms with Gasteiger partial charge in [0, 0.05) is 12.6 Å². The number of hydrogen-bond donors (Lipinski definition) is 1. The van der Waals surface area contributed by atoms with Crippen LogP contribution < -0.4 is 4.72 Å². The first kappa shape index (κ1) is 13.3. The van der Waals surface area contributed by atoms with E-state index in [2.05, 4.69) is 4.72 Å². The van der Waals surface area contributed by atoms with Crippen LogP contribution in [0.15, 0.2) is 0 Å². The second kappa shape index (κ2) is 5.22. The molecule has 2 atom stereocenters. The Kier molecular flexibility index (Phi) is 4.07. The number of fused-ring (bicyclic) bond motifs is 1. The van der Waals surface area contributed by atoms with Gasteiger partial charge in [-0.3, -0.25) is 0 Å². The summed E-state index contributed by atoms with van der Waals surface area (Å²) in [7, 11) is -3.35. The zero-order valence-electron chi connectivity index (χ0n) is 10.6. The number of nitrogens with zero attached hydrogens (tertiary/aromatic N) is 1. The minimum absolute atomic E-state index is 0.0359. The SMILES string of the molecule is CC(C)NS(=O)(=O)N1CCOC2CCCCC21. The van der Waals surface area contributed by atoms with Gasteiger partial charge in [-0.25, -0.2) is 0 Å². The van der Waals surface area contributed by atoms with E-state index in [4.69, 9.17) is 4.74 Å². The fourth-order valence-electron chi connectivity index (χ4n) is 2.72. The number of nitrogens with one attached hydrogen (secondary N) is 1. The Balaban J connectivity index is 2.13. The molecule has 17 heavy (non-hydrogen) atoms. The molecule has 2 fully saturated rings. The van der Waals surface area contributed by atoms with Gasteiger partial charge in [-0.1, -0.05) is 12.8 Å². The van der Waals surface area contributed by atoms with Crippen molar-refractivity contribution in [3.05, 3.63) is 0 Å². The van der Waals surface area contributed by atoms with Crippen molar-refractivity contribution in [1.82, 2.24) is 9.03 Å². The van der Waals surface area contributed by atoms with Gasteiger partial charge in [0.25, 0.3) is 10.2 Å². The van der Waals surface area contributed by atoms with Crippen LogP contribution in [0.2, 0.25) is 0 Å². The minimum atomic E-state index is -3.35. The van der Waals surface area contributed by atoms with Gasteiger partial charge in [0.1, 0.15) is 0 Å². The highest BCUT2D eigenvalue weighted by Crippen LogP contribution is 2.29. The van der Waals surface area contributed by atoms with Gasteiger partial charge in [-0.2, -0.15) is 17.4 Å². The summed E-state index contributed by atoms with van der Waals surface area (Å²) >= 11 is 0. The Morgan fingerprint density at radius 1 is 1.29 bits per heavy atom. The van der Waals surface area contributed by atoms with E-state index < -0.39 is 10.2 Å². The van der Waals surface area contributed by atoms with Gasteiger partial charge in [-0.05, 0) is 26.7 Å². The molecular formula is C11H22N2O3S. The summed E-state index contributed by atoms with van der Waals surface area (Å²) in [4.78, 5) is 0. The van der Waals surface area contributed by atoms with Crippen LogP contribution in [0.3, 0.4) is 0 Å². The number of hydrogen-bond acceptors (Lipinski definition) is 3. The Morgan fingerprint density at radius 3 is 2.71 bits per heavy atom. The lowest BCUT2D eigenvalue weighted by atomic mass is 9.91. The smallest absolute Gasteiger partial charge is 0.280 e. The molecule has 1 aliphatic carbocycles. The van der Waals surface area contributed by atoms with E-state index in [9.17, 15) is 8.42 Å². The lowest BCUT2D eigenvalue weighted by molar-refractivity contribution is -0.0590. The highest BCUT2D eigenvalue weighted by molar-refractivity contribution is 7.87. The van der Waals surface area contributed by atoms with Crippen molar-refractivity contribution in [2.75, 3.05) is 13.2 Å². The van der Waals surface area contributed by atoms with Crippen molar-refractivity contribution in [2.24, 2.45) is 0 Å². The molecule has 1 N–H and O–H groups in total. The molecule has 1 aliphatic heterocycles. The topological polar surface area (TPSA) is 58.6 Å². The molecule has 1 saturated carbocycles. The molecule has 0 spiro atoms. The highest BCUT2D eigenvalue weighted by Gasteiger charge is 2.40. The fourth-order valence-corrected chi connectivity index (χ4v) is 4.37. The van der Waals surface area contributed by atoms with Gasteiger partial charge in [0.15, 0.2) is 0 Å². The predicted molar refractivity (Wildman–Crippen MR) is 65.9 cm³/mol. The maximum atomic E-state index is 12.2. The molecule has 1 heterocycles. The van der Waals surface area contributed by atoms with Gasteiger partial charge >= 0.3 is 0 Å². The summed E-state index contributed by atoms with van der Waals surface area (Å²) in [5.41, 5.74) is 0. The number of morpholine rings is 1. The molecule has 2 unspecified atom stereocenters. The van der Waals surface area contributed by atoms with Crippen molar-refractivity contribution < 1.29 is 13.2 Å². The normalized spacial score (nSPS) is 31.5. The molecule has 0 amide bonds. The van der Waals surface area contributed by atoms with Gasteiger partial charge in [0.2, 0.25) is 0 Å². The molecule has 5 nitrogen and oxygen atoms in total. The average molecular weight is 262 g/mol. The third-order valence-electron chi connectivity index (χ3n) is 3.37. The van der Waals surface area contributed by atoms with Crippen LogP contribution in [0.25, 0.3) is 0 Å². The molecule has 0 radical (unpaired) electrons. The first-order valence-electron chi connectivity index (χ1n) is 6.41. The monoisotopic (exact) mass is 262 g/mol. The van der Waals surface area contributed by atoms with Crippen LogP contribution in [0, 0.1) is 0 Å². The molecule has 1 saturated heterocycles. The Morgan fingerprint density at radius 2 is 2.00 bits per heavy atom. The zero-order chi connectivity index (χ0) is 12.5. The van der Waals surface area contributed by atoms with E-state index >= 15 is 0 Å². The molecule has 0 aromatic carbocycles. The minimum Gasteiger partial charge on any atom is -0.375 e. The molecular weight excluding hydrogens is 240 g/mol. The van der Waals surface area contributed by atoms with E-state index in [1.807, 2.05) is 13.8 Å². The number of ether oxygens (including phenoxy) is 1. The van der Waals surface area contributed by atoms with Crippen molar-refractivity contribution in [1.29, 1.82) is 0 Å². The van der Waals surface area contributed by atoms with Gasteiger partial charge in [-0.15, -0.1) is 0 Å². The third kappa shape index (κ3) is 2.99. The highest BCUT2D eigenvalue weighted by atomic mass is 32.2. The molecule has 100 valence electrons. The van der Waals surface area contributed by atoms with E-state index in [0.717, 1.165) is 25.7 Å². The summed E-state index contributed by atoms with van der Waals surface area (Å²) in [6, 6.07) is -0.0290. The van der Waals surface area contributed by atoms with Crippen molar-refractivity contribution >= 4 is 10.2 Å². The Labute approximate surface area is 104 Å². The van der Waals surface area contributed by atoms with Crippen LogP contribution in [0.4, 0.5) is 0 Å². The molecule has 0 bridgehead atoms. The average Bonchev–Trinajstić information content (AvgIpc) is 2.26. The summed E-state index contributed by atoms with van der Waals surface area (Å²) < 4.78 is 34.4. The maximum Gasteiger partial charge on any atom is 0.280 e. The van der Waals surface area contributed by atoms with Gasteiger partial charge in [0.05, 0.1) is 18.8 Å². The van der Waals surface area contributed by atoms with Crippen LogP contribution in [0.1, 0.15) is 39.5 Å². The first-order chi connectivity index (χ1) is 8.00. The predicted octanol–water partition coefficient (Wildman–Crippen LogP) is 0.873. The maximum absolute atomic E-state index is 12.2.